The van der Waals surface area contributed by atoms with Gasteiger partial charge >= 0.3 is 5.97 Å². The van der Waals surface area contributed by atoms with Crippen molar-refractivity contribution in [1.82, 2.24) is 9.97 Å². The number of esters is 1. The van der Waals surface area contributed by atoms with Crippen LogP contribution in [0.25, 0.3) is 22.1 Å². The first kappa shape index (κ1) is 18.0. The Balaban J connectivity index is 1.52. The number of benzene rings is 2. The van der Waals surface area contributed by atoms with E-state index < -0.39 is 5.97 Å². The molecule has 0 aliphatic carbocycles. The van der Waals surface area contributed by atoms with Gasteiger partial charge in [-0.05, 0) is 24.3 Å². The van der Waals surface area contributed by atoms with E-state index in [4.69, 9.17) is 9.15 Å². The van der Waals surface area contributed by atoms with E-state index in [1.165, 1.54) is 25.2 Å². The molecule has 0 unspecified atom stereocenters. The Hall–Kier alpha value is -3.39. The van der Waals surface area contributed by atoms with E-state index in [0.717, 1.165) is 11.0 Å². The first-order valence-corrected chi connectivity index (χ1v) is 9.38. The summed E-state index contributed by atoms with van der Waals surface area (Å²) in [6.07, 6.45) is 1.46. The van der Waals surface area contributed by atoms with E-state index in [9.17, 15) is 9.59 Å². The van der Waals surface area contributed by atoms with Crippen LogP contribution in [0.15, 0.2) is 64.3 Å². The molecule has 2 aromatic carbocycles. The Morgan fingerprint density at radius 1 is 1.11 bits per heavy atom. The highest BCUT2D eigenvalue weighted by Crippen LogP contribution is 2.32. The molecule has 0 saturated heterocycles. The normalized spacial score (nSPS) is 10.9. The molecule has 0 atom stereocenters. The summed E-state index contributed by atoms with van der Waals surface area (Å²) in [5.74, 6) is -0.689. The second-order valence-electron chi connectivity index (χ2n) is 5.83. The van der Waals surface area contributed by atoms with Gasteiger partial charge in [-0.3, -0.25) is 4.79 Å². The van der Waals surface area contributed by atoms with Gasteiger partial charge in [0.15, 0.2) is 5.58 Å². The highest BCUT2D eigenvalue weighted by Gasteiger charge is 2.16. The van der Waals surface area contributed by atoms with Gasteiger partial charge in [0.2, 0.25) is 5.91 Å². The number of anilines is 1. The van der Waals surface area contributed by atoms with Crippen LogP contribution >= 0.6 is 11.8 Å². The Morgan fingerprint density at radius 2 is 1.89 bits per heavy atom. The van der Waals surface area contributed by atoms with Crippen molar-refractivity contribution in [3.8, 4) is 0 Å². The van der Waals surface area contributed by atoms with Crippen LogP contribution in [0.1, 0.15) is 10.4 Å². The van der Waals surface area contributed by atoms with E-state index in [1.807, 2.05) is 24.3 Å². The third-order valence-electron chi connectivity index (χ3n) is 4.07. The molecule has 2 heterocycles. The van der Waals surface area contributed by atoms with Gasteiger partial charge in [-0.1, -0.05) is 36.0 Å². The standard InChI is InChI=1S/C20H15N3O4S/c1-26-20(25)12-6-2-4-8-14(12)23-16(24)10-28-19-18-17(21-11-22-19)13-7-3-5-9-15(13)27-18/h2-9,11H,10H2,1H3,(H,23,24). The molecule has 1 amide bonds. The number of hydrogen-bond acceptors (Lipinski definition) is 7. The predicted molar refractivity (Wildman–Crippen MR) is 106 cm³/mol. The summed E-state index contributed by atoms with van der Waals surface area (Å²) in [6.45, 7) is 0. The molecule has 0 spiro atoms. The van der Waals surface area contributed by atoms with Crippen LogP contribution in [0, 0.1) is 0 Å². The van der Waals surface area contributed by atoms with Crippen LogP contribution in [0.4, 0.5) is 5.69 Å². The van der Waals surface area contributed by atoms with Gasteiger partial charge in [-0.15, -0.1) is 0 Å². The number of ether oxygens (including phenoxy) is 1. The predicted octanol–water partition coefficient (Wildman–Crippen LogP) is 3.89. The summed E-state index contributed by atoms with van der Waals surface area (Å²) < 4.78 is 10.6. The lowest BCUT2D eigenvalue weighted by Crippen LogP contribution is -2.17. The number of nitrogens with zero attached hydrogens (tertiary/aromatic N) is 2. The minimum atomic E-state index is -0.511. The van der Waals surface area contributed by atoms with Gasteiger partial charge in [0.1, 0.15) is 22.5 Å². The SMILES string of the molecule is COC(=O)c1ccccc1NC(=O)CSc1ncnc2c1oc1ccccc12. The number of amides is 1. The van der Waals surface area contributed by atoms with Gasteiger partial charge in [-0.2, -0.15) is 0 Å². The monoisotopic (exact) mass is 393 g/mol. The lowest BCUT2D eigenvalue weighted by atomic mass is 10.2. The average Bonchev–Trinajstić information content (AvgIpc) is 3.11. The third kappa shape index (κ3) is 3.41. The van der Waals surface area contributed by atoms with Crippen LogP contribution in [0.3, 0.4) is 0 Å². The lowest BCUT2D eigenvalue weighted by Gasteiger charge is -2.09. The maximum Gasteiger partial charge on any atom is 0.339 e. The van der Waals surface area contributed by atoms with Crippen LogP contribution in [-0.2, 0) is 9.53 Å². The second-order valence-corrected chi connectivity index (χ2v) is 6.79. The van der Waals surface area contributed by atoms with Gasteiger partial charge in [0.25, 0.3) is 0 Å². The quantitative estimate of drug-likeness (QED) is 0.312. The smallest absolute Gasteiger partial charge is 0.339 e. The number of furan rings is 1. The molecule has 0 saturated carbocycles. The molecule has 1 N–H and O–H groups in total. The number of hydrogen-bond donors (Lipinski definition) is 1. The van der Waals surface area contributed by atoms with E-state index in [-0.39, 0.29) is 11.7 Å². The number of nitrogens with one attached hydrogen (secondary N) is 1. The molecular formula is C20H15N3O4S. The molecule has 0 bridgehead atoms. The van der Waals surface area contributed by atoms with Crippen molar-refractivity contribution in [2.75, 3.05) is 18.2 Å². The molecule has 4 rings (SSSR count). The zero-order chi connectivity index (χ0) is 19.5. The van der Waals surface area contributed by atoms with Gasteiger partial charge < -0.3 is 14.5 Å². The number of fused-ring (bicyclic) bond motifs is 3. The number of methoxy groups -OCH3 is 1. The molecule has 2 aromatic heterocycles. The highest BCUT2D eigenvalue weighted by atomic mass is 32.2. The minimum absolute atomic E-state index is 0.0959. The van der Waals surface area contributed by atoms with Gasteiger partial charge in [0, 0.05) is 5.39 Å². The summed E-state index contributed by atoms with van der Waals surface area (Å²) in [4.78, 5) is 32.8. The van der Waals surface area contributed by atoms with E-state index in [2.05, 4.69) is 15.3 Å². The first-order chi connectivity index (χ1) is 13.7. The fourth-order valence-electron chi connectivity index (χ4n) is 2.81. The molecule has 4 aromatic rings. The third-order valence-corrected chi connectivity index (χ3v) is 5.04. The molecule has 0 aliphatic heterocycles. The molecule has 28 heavy (non-hydrogen) atoms. The van der Waals surface area contributed by atoms with Crippen LogP contribution < -0.4 is 5.32 Å². The molecule has 140 valence electrons. The lowest BCUT2D eigenvalue weighted by molar-refractivity contribution is -0.113. The van der Waals surface area contributed by atoms with Crippen molar-refractivity contribution >= 4 is 51.4 Å². The molecule has 8 heteroatoms. The summed E-state index contributed by atoms with van der Waals surface area (Å²) in [6, 6.07) is 14.3. The van der Waals surface area contributed by atoms with E-state index in [0.29, 0.717) is 27.4 Å². The average molecular weight is 393 g/mol. The summed E-state index contributed by atoms with van der Waals surface area (Å²) in [7, 11) is 1.30. The molecule has 0 fully saturated rings. The topological polar surface area (TPSA) is 94.3 Å². The van der Waals surface area contributed by atoms with Crippen molar-refractivity contribution in [2.24, 2.45) is 0 Å². The highest BCUT2D eigenvalue weighted by molar-refractivity contribution is 8.00. The molecule has 7 nitrogen and oxygen atoms in total. The maximum atomic E-state index is 12.4. The van der Waals surface area contributed by atoms with Crippen molar-refractivity contribution < 1.29 is 18.7 Å². The summed E-state index contributed by atoms with van der Waals surface area (Å²) in [5.41, 5.74) is 2.68. The second kappa shape index (κ2) is 7.69. The first-order valence-electron chi connectivity index (χ1n) is 8.39. The number of carbonyl (C=O) groups excluding carboxylic acids is 2. The fraction of sp³-hybridized carbons (Fsp3) is 0.100. The zero-order valence-electron chi connectivity index (χ0n) is 14.8. The Kier molecular flexibility index (Phi) is 4.94. The van der Waals surface area contributed by atoms with Crippen LogP contribution in [-0.4, -0.2) is 34.7 Å². The van der Waals surface area contributed by atoms with Gasteiger partial charge in [-0.25, -0.2) is 14.8 Å². The number of para-hydroxylation sites is 2. The van der Waals surface area contributed by atoms with Crippen molar-refractivity contribution in [1.29, 1.82) is 0 Å². The summed E-state index contributed by atoms with van der Waals surface area (Å²) in [5, 5.41) is 4.22. The van der Waals surface area contributed by atoms with E-state index in [1.54, 1.807) is 24.3 Å². The van der Waals surface area contributed by atoms with Crippen molar-refractivity contribution in [2.45, 2.75) is 5.03 Å². The zero-order valence-corrected chi connectivity index (χ0v) is 15.7. The number of carbonyl (C=O) groups is 2. The van der Waals surface area contributed by atoms with Crippen molar-refractivity contribution in [3.63, 3.8) is 0 Å². The minimum Gasteiger partial charge on any atom is -0.465 e. The maximum absolute atomic E-state index is 12.4. The Morgan fingerprint density at radius 3 is 2.75 bits per heavy atom. The number of aromatic nitrogens is 2. The Bertz CT molecular complexity index is 1190. The summed E-state index contributed by atoms with van der Waals surface area (Å²) >= 11 is 1.24. The van der Waals surface area contributed by atoms with Crippen LogP contribution in [0.2, 0.25) is 0 Å². The van der Waals surface area contributed by atoms with Crippen LogP contribution in [0.5, 0.6) is 0 Å². The Labute approximate surface area is 164 Å². The number of rotatable bonds is 5. The fourth-order valence-corrected chi connectivity index (χ4v) is 3.54. The molecule has 0 aliphatic rings. The van der Waals surface area contributed by atoms with Crippen molar-refractivity contribution in [3.05, 3.63) is 60.4 Å². The molecular weight excluding hydrogens is 378 g/mol. The van der Waals surface area contributed by atoms with E-state index >= 15 is 0 Å². The number of thioether (sulfide) groups is 1. The molecule has 0 radical (unpaired) electrons. The van der Waals surface area contributed by atoms with Gasteiger partial charge in [0.05, 0.1) is 24.1 Å². The largest absolute Gasteiger partial charge is 0.465 e.